The molecule has 2 rings (SSSR count). The number of rotatable bonds is 1. The molecule has 2 aliphatic rings. The Labute approximate surface area is 85.4 Å². The van der Waals surface area contributed by atoms with E-state index in [9.17, 15) is 0 Å². The van der Waals surface area contributed by atoms with Crippen molar-refractivity contribution in [2.24, 2.45) is 16.3 Å². The van der Waals surface area contributed by atoms with Gasteiger partial charge in [0.05, 0.1) is 12.3 Å². The minimum atomic E-state index is 0.0632. The summed E-state index contributed by atoms with van der Waals surface area (Å²) in [7, 11) is 0. The quantitative estimate of drug-likeness (QED) is 0.624. The van der Waals surface area contributed by atoms with Crippen LogP contribution in [-0.4, -0.2) is 12.8 Å². The van der Waals surface area contributed by atoms with Gasteiger partial charge in [-0.15, -0.1) is 0 Å². The second kappa shape index (κ2) is 3.26. The lowest BCUT2D eigenvalue weighted by Gasteiger charge is -2.25. The lowest BCUT2D eigenvalue weighted by Crippen LogP contribution is -2.22. The van der Waals surface area contributed by atoms with Crippen LogP contribution in [0, 0.1) is 11.3 Å². The van der Waals surface area contributed by atoms with Gasteiger partial charge in [0.15, 0.2) is 0 Å². The molecular weight excluding hydrogens is 174 g/mol. The molecule has 0 fully saturated rings. The molecule has 0 aromatic heterocycles. The third-order valence-electron chi connectivity index (χ3n) is 3.22. The Morgan fingerprint density at radius 2 is 2.29 bits per heavy atom. The largest absolute Gasteiger partial charge is 0.491 e. The Bertz CT molecular complexity index is 299. The van der Waals surface area contributed by atoms with Gasteiger partial charge < -0.3 is 4.74 Å². The number of hydrogen-bond acceptors (Lipinski definition) is 2. The predicted molar refractivity (Wildman–Crippen MR) is 58.2 cm³/mol. The van der Waals surface area contributed by atoms with Gasteiger partial charge in [-0.3, -0.25) is 4.99 Å². The first-order chi connectivity index (χ1) is 6.62. The molecule has 1 unspecified atom stereocenters. The second-order valence-electron chi connectivity index (χ2n) is 4.52. The van der Waals surface area contributed by atoms with Crippen molar-refractivity contribution in [2.75, 3.05) is 6.61 Å². The standard InChI is InChI=1S/C12H17NO/c1-9(2)12(3)6-4-11-10(13-8-12)5-7-14-11/h4,6,8-9H,5,7H2,1-3H3. The maximum Gasteiger partial charge on any atom is 0.140 e. The van der Waals surface area contributed by atoms with Crippen LogP contribution < -0.4 is 0 Å². The molecule has 0 aliphatic carbocycles. The molecule has 2 heteroatoms. The van der Waals surface area contributed by atoms with Crippen LogP contribution in [-0.2, 0) is 4.74 Å². The molecule has 0 saturated heterocycles. The molecule has 0 bridgehead atoms. The molecular formula is C12H17NO. The van der Waals surface area contributed by atoms with Gasteiger partial charge in [-0.25, -0.2) is 0 Å². The van der Waals surface area contributed by atoms with Crippen molar-refractivity contribution >= 4 is 6.21 Å². The highest BCUT2D eigenvalue weighted by Gasteiger charge is 2.26. The van der Waals surface area contributed by atoms with Crippen LogP contribution in [0.4, 0.5) is 0 Å². The minimum absolute atomic E-state index is 0.0632. The van der Waals surface area contributed by atoms with Crippen molar-refractivity contribution in [1.29, 1.82) is 0 Å². The van der Waals surface area contributed by atoms with Gasteiger partial charge in [-0.1, -0.05) is 26.8 Å². The Hall–Kier alpha value is -1.05. The first-order valence-corrected chi connectivity index (χ1v) is 5.22. The number of nitrogens with zero attached hydrogens (tertiary/aromatic N) is 1. The highest BCUT2D eigenvalue weighted by molar-refractivity contribution is 5.71. The van der Waals surface area contributed by atoms with E-state index in [-0.39, 0.29) is 5.41 Å². The summed E-state index contributed by atoms with van der Waals surface area (Å²) < 4.78 is 5.49. The lowest BCUT2D eigenvalue weighted by atomic mass is 9.80. The summed E-state index contributed by atoms with van der Waals surface area (Å²) in [6.07, 6.45) is 7.29. The second-order valence-corrected chi connectivity index (χ2v) is 4.52. The monoisotopic (exact) mass is 191 g/mol. The molecule has 0 aromatic carbocycles. The summed E-state index contributed by atoms with van der Waals surface area (Å²) in [4.78, 5) is 4.53. The van der Waals surface area contributed by atoms with Crippen molar-refractivity contribution in [1.82, 2.24) is 0 Å². The number of ether oxygens (including phenoxy) is 1. The summed E-state index contributed by atoms with van der Waals surface area (Å²) in [6.45, 7) is 7.42. The van der Waals surface area contributed by atoms with Gasteiger partial charge in [0, 0.05) is 18.1 Å². The number of allylic oxidation sites excluding steroid dienone is 2. The Balaban J connectivity index is 2.30. The summed E-state index contributed by atoms with van der Waals surface area (Å²) in [5, 5.41) is 0. The minimum Gasteiger partial charge on any atom is -0.491 e. The van der Waals surface area contributed by atoms with E-state index in [0.29, 0.717) is 5.92 Å². The van der Waals surface area contributed by atoms with Gasteiger partial charge in [-0.05, 0) is 12.0 Å². The Kier molecular flexibility index (Phi) is 2.22. The van der Waals surface area contributed by atoms with Crippen LogP contribution >= 0.6 is 0 Å². The van der Waals surface area contributed by atoms with Crippen LogP contribution in [0.15, 0.2) is 28.6 Å². The topological polar surface area (TPSA) is 21.6 Å². The van der Waals surface area contributed by atoms with Crippen LogP contribution in [0.5, 0.6) is 0 Å². The van der Waals surface area contributed by atoms with E-state index < -0.39 is 0 Å². The third kappa shape index (κ3) is 1.49. The highest BCUT2D eigenvalue weighted by Crippen LogP contribution is 2.32. The van der Waals surface area contributed by atoms with E-state index in [0.717, 1.165) is 24.5 Å². The van der Waals surface area contributed by atoms with E-state index in [2.05, 4.69) is 44.1 Å². The molecule has 76 valence electrons. The maximum atomic E-state index is 5.49. The zero-order valence-electron chi connectivity index (χ0n) is 9.08. The molecule has 2 aliphatic heterocycles. The van der Waals surface area contributed by atoms with Crippen molar-refractivity contribution in [3.05, 3.63) is 23.6 Å². The number of hydrogen-bond donors (Lipinski definition) is 0. The van der Waals surface area contributed by atoms with Crippen molar-refractivity contribution in [3.8, 4) is 0 Å². The van der Waals surface area contributed by atoms with Crippen LogP contribution in [0.3, 0.4) is 0 Å². The van der Waals surface area contributed by atoms with Gasteiger partial charge in [-0.2, -0.15) is 0 Å². The van der Waals surface area contributed by atoms with Crippen LogP contribution in [0.1, 0.15) is 27.2 Å². The molecule has 0 amide bonds. The molecule has 2 heterocycles. The van der Waals surface area contributed by atoms with Gasteiger partial charge in [0.2, 0.25) is 0 Å². The lowest BCUT2D eigenvalue weighted by molar-refractivity contribution is 0.256. The zero-order chi connectivity index (χ0) is 10.2. The first-order valence-electron chi connectivity index (χ1n) is 5.22. The zero-order valence-corrected chi connectivity index (χ0v) is 9.08. The molecule has 0 N–H and O–H groups in total. The van der Waals surface area contributed by atoms with Crippen molar-refractivity contribution in [2.45, 2.75) is 27.2 Å². The third-order valence-corrected chi connectivity index (χ3v) is 3.22. The average molecular weight is 191 g/mol. The van der Waals surface area contributed by atoms with E-state index in [1.165, 1.54) is 0 Å². The molecule has 1 atom stereocenters. The average Bonchev–Trinajstić information content (AvgIpc) is 2.53. The molecule has 0 aromatic rings. The normalized spacial score (nSPS) is 30.6. The summed E-state index contributed by atoms with van der Waals surface area (Å²) in [5.74, 6) is 1.52. The molecule has 2 nitrogen and oxygen atoms in total. The maximum absolute atomic E-state index is 5.49. The fourth-order valence-corrected chi connectivity index (χ4v) is 1.59. The van der Waals surface area contributed by atoms with E-state index in [4.69, 9.17) is 4.74 Å². The number of aliphatic imine (C=N–C) groups is 1. The predicted octanol–water partition coefficient (Wildman–Crippen LogP) is 2.92. The fraction of sp³-hybridized carbons (Fsp3) is 0.583. The van der Waals surface area contributed by atoms with Crippen LogP contribution in [0.25, 0.3) is 0 Å². The summed E-state index contributed by atoms with van der Waals surface area (Å²) in [6, 6.07) is 0. The van der Waals surface area contributed by atoms with Gasteiger partial charge in [0.25, 0.3) is 0 Å². The first kappa shape index (κ1) is 9.50. The molecule has 0 radical (unpaired) electrons. The molecule has 0 spiro atoms. The van der Waals surface area contributed by atoms with E-state index in [1.807, 2.05) is 0 Å². The van der Waals surface area contributed by atoms with Crippen LogP contribution in [0.2, 0.25) is 0 Å². The summed E-state index contributed by atoms with van der Waals surface area (Å²) >= 11 is 0. The smallest absolute Gasteiger partial charge is 0.140 e. The van der Waals surface area contributed by atoms with E-state index in [1.54, 1.807) is 0 Å². The van der Waals surface area contributed by atoms with Crippen molar-refractivity contribution in [3.63, 3.8) is 0 Å². The van der Waals surface area contributed by atoms with Gasteiger partial charge in [0.1, 0.15) is 5.76 Å². The molecule has 14 heavy (non-hydrogen) atoms. The SMILES string of the molecule is CC(C)C1(C)C=CC2=C(CCO2)N=C1. The van der Waals surface area contributed by atoms with Crippen molar-refractivity contribution < 1.29 is 4.74 Å². The Morgan fingerprint density at radius 1 is 1.50 bits per heavy atom. The van der Waals surface area contributed by atoms with Gasteiger partial charge >= 0.3 is 0 Å². The Morgan fingerprint density at radius 3 is 3.00 bits per heavy atom. The van der Waals surface area contributed by atoms with E-state index >= 15 is 0 Å². The molecule has 0 saturated carbocycles. The fourth-order valence-electron chi connectivity index (χ4n) is 1.59. The highest BCUT2D eigenvalue weighted by atomic mass is 16.5. The summed E-state index contributed by atoms with van der Waals surface area (Å²) in [5.41, 5.74) is 1.17.